The van der Waals surface area contributed by atoms with Crippen molar-refractivity contribution in [2.45, 2.75) is 6.92 Å². The van der Waals surface area contributed by atoms with E-state index in [4.69, 9.17) is 21.1 Å². The SMILES string of the molecule is COc1ccc(C(=O)COC(=O)c2c(C)nn(-c3ccc(F)cc3)c2Cl)cc1. The lowest BCUT2D eigenvalue weighted by Gasteiger charge is -2.06. The summed E-state index contributed by atoms with van der Waals surface area (Å²) in [5.74, 6) is -0.919. The van der Waals surface area contributed by atoms with Crippen molar-refractivity contribution in [3.8, 4) is 11.4 Å². The molecule has 0 atom stereocenters. The van der Waals surface area contributed by atoms with Crippen molar-refractivity contribution in [3.05, 3.63) is 76.3 Å². The van der Waals surface area contributed by atoms with Gasteiger partial charge in [0.2, 0.25) is 0 Å². The Hall–Kier alpha value is -3.19. The van der Waals surface area contributed by atoms with Crippen molar-refractivity contribution in [3.63, 3.8) is 0 Å². The van der Waals surface area contributed by atoms with E-state index in [0.29, 0.717) is 22.7 Å². The van der Waals surface area contributed by atoms with Gasteiger partial charge in [0, 0.05) is 5.56 Å². The molecule has 0 unspecified atom stereocenters. The quantitative estimate of drug-likeness (QED) is 0.460. The number of hydrogen-bond acceptors (Lipinski definition) is 5. The molecule has 0 saturated heterocycles. The lowest BCUT2D eigenvalue weighted by Crippen LogP contribution is -2.15. The Morgan fingerprint density at radius 1 is 1.11 bits per heavy atom. The van der Waals surface area contributed by atoms with Crippen molar-refractivity contribution >= 4 is 23.4 Å². The Labute approximate surface area is 165 Å². The van der Waals surface area contributed by atoms with Gasteiger partial charge in [-0.25, -0.2) is 13.9 Å². The van der Waals surface area contributed by atoms with E-state index in [1.54, 1.807) is 31.2 Å². The summed E-state index contributed by atoms with van der Waals surface area (Å²) in [6.07, 6.45) is 0. The number of carbonyl (C=O) groups is 2. The topological polar surface area (TPSA) is 70.4 Å². The van der Waals surface area contributed by atoms with E-state index in [0.717, 1.165) is 0 Å². The number of methoxy groups -OCH3 is 1. The number of rotatable bonds is 6. The van der Waals surface area contributed by atoms with Gasteiger partial charge in [-0.2, -0.15) is 5.10 Å². The molecule has 8 heteroatoms. The van der Waals surface area contributed by atoms with Gasteiger partial charge in [-0.3, -0.25) is 4.79 Å². The van der Waals surface area contributed by atoms with E-state index in [1.807, 2.05) is 0 Å². The van der Waals surface area contributed by atoms with Crippen LogP contribution in [-0.2, 0) is 4.74 Å². The molecule has 0 radical (unpaired) electrons. The van der Waals surface area contributed by atoms with E-state index < -0.39 is 18.4 Å². The number of aromatic nitrogens is 2. The minimum Gasteiger partial charge on any atom is -0.497 e. The van der Waals surface area contributed by atoms with Crippen molar-refractivity contribution in [2.75, 3.05) is 13.7 Å². The number of benzene rings is 2. The second-order valence-electron chi connectivity index (χ2n) is 5.87. The molecule has 0 fully saturated rings. The smallest absolute Gasteiger partial charge is 0.343 e. The zero-order valence-corrected chi connectivity index (χ0v) is 15.9. The number of hydrogen-bond donors (Lipinski definition) is 0. The zero-order valence-electron chi connectivity index (χ0n) is 15.1. The first-order chi connectivity index (χ1) is 13.4. The van der Waals surface area contributed by atoms with Gasteiger partial charge < -0.3 is 9.47 Å². The molecule has 3 aromatic rings. The highest BCUT2D eigenvalue weighted by Crippen LogP contribution is 2.24. The molecule has 28 heavy (non-hydrogen) atoms. The fourth-order valence-corrected chi connectivity index (χ4v) is 2.90. The van der Waals surface area contributed by atoms with Crippen LogP contribution in [0.25, 0.3) is 5.69 Å². The third kappa shape index (κ3) is 4.04. The zero-order chi connectivity index (χ0) is 20.3. The van der Waals surface area contributed by atoms with Crippen LogP contribution < -0.4 is 4.74 Å². The number of esters is 1. The van der Waals surface area contributed by atoms with Gasteiger partial charge in [0.1, 0.15) is 22.3 Å². The first kappa shape index (κ1) is 19.6. The minimum absolute atomic E-state index is 0.0194. The average Bonchev–Trinajstić information content (AvgIpc) is 3.00. The molecule has 0 amide bonds. The molecule has 0 N–H and O–H groups in total. The van der Waals surface area contributed by atoms with Crippen molar-refractivity contribution in [1.29, 1.82) is 0 Å². The summed E-state index contributed by atoms with van der Waals surface area (Å²) < 4.78 is 24.6. The fourth-order valence-electron chi connectivity index (χ4n) is 2.55. The molecular weight excluding hydrogens is 387 g/mol. The van der Waals surface area contributed by atoms with Gasteiger partial charge in [-0.05, 0) is 55.5 Å². The molecule has 0 aliphatic heterocycles. The molecule has 0 saturated carbocycles. The van der Waals surface area contributed by atoms with Gasteiger partial charge in [0.25, 0.3) is 0 Å². The van der Waals surface area contributed by atoms with E-state index in [9.17, 15) is 14.0 Å². The number of halogens is 2. The maximum Gasteiger partial charge on any atom is 0.343 e. The predicted octanol–water partition coefficient (Wildman–Crippen LogP) is 4.02. The number of ether oxygens (including phenoxy) is 2. The van der Waals surface area contributed by atoms with Crippen molar-refractivity contribution < 1.29 is 23.5 Å². The van der Waals surface area contributed by atoms with Crippen LogP contribution in [0.4, 0.5) is 4.39 Å². The molecular formula is C20H16ClFN2O4. The second-order valence-corrected chi connectivity index (χ2v) is 6.23. The maximum atomic E-state index is 13.1. The van der Waals surface area contributed by atoms with Crippen LogP contribution in [0, 0.1) is 12.7 Å². The van der Waals surface area contributed by atoms with Gasteiger partial charge >= 0.3 is 5.97 Å². The summed E-state index contributed by atoms with van der Waals surface area (Å²) >= 11 is 6.27. The Morgan fingerprint density at radius 3 is 2.36 bits per heavy atom. The third-order valence-corrected chi connectivity index (χ3v) is 4.37. The average molecular weight is 403 g/mol. The van der Waals surface area contributed by atoms with Gasteiger partial charge in [0.15, 0.2) is 12.4 Å². The second kappa shape index (κ2) is 8.22. The van der Waals surface area contributed by atoms with Crippen LogP contribution in [-0.4, -0.2) is 35.2 Å². The molecule has 0 spiro atoms. The fraction of sp³-hybridized carbons (Fsp3) is 0.150. The Balaban J connectivity index is 1.73. The first-order valence-corrected chi connectivity index (χ1v) is 8.64. The summed E-state index contributed by atoms with van der Waals surface area (Å²) in [6, 6.07) is 11.9. The largest absolute Gasteiger partial charge is 0.497 e. The summed E-state index contributed by atoms with van der Waals surface area (Å²) in [5.41, 5.74) is 1.26. The number of aryl methyl sites for hydroxylation is 1. The lowest BCUT2D eigenvalue weighted by atomic mass is 10.1. The summed E-state index contributed by atoms with van der Waals surface area (Å²) in [7, 11) is 1.52. The highest BCUT2D eigenvalue weighted by Gasteiger charge is 2.23. The van der Waals surface area contributed by atoms with Crippen LogP contribution in [0.2, 0.25) is 5.15 Å². The molecule has 3 rings (SSSR count). The van der Waals surface area contributed by atoms with Gasteiger partial charge in [-0.1, -0.05) is 11.6 Å². The summed E-state index contributed by atoms with van der Waals surface area (Å²) in [4.78, 5) is 24.6. The molecule has 0 bridgehead atoms. The monoisotopic (exact) mass is 402 g/mol. The van der Waals surface area contributed by atoms with Gasteiger partial charge in [0.05, 0.1) is 18.5 Å². The molecule has 1 aromatic heterocycles. The molecule has 2 aromatic carbocycles. The lowest BCUT2D eigenvalue weighted by molar-refractivity contribution is 0.0474. The Morgan fingerprint density at radius 2 is 1.75 bits per heavy atom. The summed E-state index contributed by atoms with van der Waals surface area (Å²) in [5, 5.41) is 4.22. The van der Waals surface area contributed by atoms with Crippen molar-refractivity contribution in [2.24, 2.45) is 0 Å². The Kier molecular flexibility index (Phi) is 5.75. The van der Waals surface area contributed by atoms with E-state index in [1.165, 1.54) is 36.1 Å². The highest BCUT2D eigenvalue weighted by molar-refractivity contribution is 6.33. The standard InChI is InChI=1S/C20H16ClFN2O4/c1-12-18(19(21)24(23-12)15-7-5-14(22)6-8-15)20(26)28-11-17(25)13-3-9-16(27-2)10-4-13/h3-10H,11H2,1-2H3. The van der Waals surface area contributed by atoms with Crippen LogP contribution in [0.3, 0.4) is 0 Å². The summed E-state index contributed by atoms with van der Waals surface area (Å²) in [6.45, 7) is 1.15. The first-order valence-electron chi connectivity index (χ1n) is 8.26. The van der Waals surface area contributed by atoms with Crippen molar-refractivity contribution in [1.82, 2.24) is 9.78 Å². The van der Waals surface area contributed by atoms with E-state index in [-0.39, 0.29) is 16.5 Å². The highest BCUT2D eigenvalue weighted by atomic mass is 35.5. The maximum absolute atomic E-state index is 13.1. The van der Waals surface area contributed by atoms with Crippen LogP contribution in [0.5, 0.6) is 5.75 Å². The molecule has 6 nitrogen and oxygen atoms in total. The normalized spacial score (nSPS) is 10.6. The molecule has 144 valence electrons. The predicted molar refractivity (Wildman–Crippen MR) is 101 cm³/mol. The van der Waals surface area contributed by atoms with Crippen LogP contribution in [0.1, 0.15) is 26.4 Å². The molecule has 0 aliphatic carbocycles. The molecule has 0 aliphatic rings. The number of carbonyl (C=O) groups excluding carboxylic acids is 2. The van der Waals surface area contributed by atoms with E-state index in [2.05, 4.69) is 5.10 Å². The molecule has 1 heterocycles. The Bertz CT molecular complexity index is 1010. The van der Waals surface area contributed by atoms with Gasteiger partial charge in [-0.15, -0.1) is 0 Å². The van der Waals surface area contributed by atoms with Crippen LogP contribution >= 0.6 is 11.6 Å². The number of Topliss-reactive ketones (excluding diaryl/α,β-unsaturated/α-hetero) is 1. The number of ketones is 1. The minimum atomic E-state index is -0.766. The number of nitrogens with zero attached hydrogens (tertiary/aromatic N) is 2. The van der Waals surface area contributed by atoms with Crippen LogP contribution in [0.15, 0.2) is 48.5 Å². The van der Waals surface area contributed by atoms with E-state index >= 15 is 0 Å². The third-order valence-electron chi connectivity index (χ3n) is 4.03.